The second-order valence-electron chi connectivity index (χ2n) is 8.30. The fourth-order valence-electron chi connectivity index (χ4n) is 4.16. The number of H-pyrrole nitrogens is 1. The van der Waals surface area contributed by atoms with Gasteiger partial charge in [-0.15, -0.1) is 0 Å². The van der Waals surface area contributed by atoms with Crippen LogP contribution in [0.1, 0.15) is 16.8 Å². The third kappa shape index (κ3) is 4.12. The van der Waals surface area contributed by atoms with Crippen molar-refractivity contribution in [1.82, 2.24) is 20.0 Å². The maximum absolute atomic E-state index is 12.5. The molecule has 0 bridgehead atoms. The molecule has 2 aromatic carbocycles. The molecule has 2 amide bonds. The number of methoxy groups -OCH3 is 1. The number of aromatic nitrogens is 2. The minimum Gasteiger partial charge on any atom is -0.497 e. The summed E-state index contributed by atoms with van der Waals surface area (Å²) >= 11 is 0. The van der Waals surface area contributed by atoms with E-state index in [1.54, 1.807) is 19.3 Å². The number of benzene rings is 2. The van der Waals surface area contributed by atoms with Gasteiger partial charge in [-0.1, -0.05) is 6.07 Å². The average Bonchev–Trinajstić information content (AvgIpc) is 3.37. The van der Waals surface area contributed by atoms with Gasteiger partial charge in [-0.25, -0.2) is 0 Å². The Morgan fingerprint density at radius 3 is 2.73 bits per heavy atom. The minimum atomic E-state index is -0.144. The van der Waals surface area contributed by atoms with Crippen LogP contribution in [0.3, 0.4) is 0 Å². The van der Waals surface area contributed by atoms with Crippen molar-refractivity contribution in [3.05, 3.63) is 59.3 Å². The van der Waals surface area contributed by atoms with E-state index in [2.05, 4.69) is 27.5 Å². The molecule has 0 aliphatic carbocycles. The highest BCUT2D eigenvalue weighted by Gasteiger charge is 2.24. The summed E-state index contributed by atoms with van der Waals surface area (Å²) in [5.41, 5.74) is 4.58. The van der Waals surface area contributed by atoms with Gasteiger partial charge in [0.2, 0.25) is 5.91 Å². The fourth-order valence-corrected chi connectivity index (χ4v) is 4.16. The SMILES string of the molecule is COc1ccc2c(c1)/C(=C/c1ccc3c(/C=C/C(=O)N4CCN(C)CC4)n[nH]c3c1)C(=O)N2. The number of carbonyl (C=O) groups excluding carboxylic acids is 2. The van der Waals surface area contributed by atoms with Crippen LogP contribution in [-0.2, 0) is 9.59 Å². The highest BCUT2D eigenvalue weighted by molar-refractivity contribution is 6.35. The van der Waals surface area contributed by atoms with E-state index in [1.165, 1.54) is 0 Å². The zero-order valence-electron chi connectivity index (χ0n) is 18.6. The van der Waals surface area contributed by atoms with E-state index in [1.807, 2.05) is 47.4 Å². The number of anilines is 1. The van der Waals surface area contributed by atoms with E-state index in [9.17, 15) is 9.59 Å². The van der Waals surface area contributed by atoms with Crippen LogP contribution in [0.25, 0.3) is 28.6 Å². The maximum Gasteiger partial charge on any atom is 0.256 e. The summed E-state index contributed by atoms with van der Waals surface area (Å²) in [6.45, 7) is 3.25. The number of hydrogen-bond donors (Lipinski definition) is 2. The molecule has 2 aliphatic rings. The summed E-state index contributed by atoms with van der Waals surface area (Å²) in [5.74, 6) is 0.554. The number of likely N-dealkylation sites (N-methyl/N-ethyl adjacent to an activating group) is 1. The van der Waals surface area contributed by atoms with Crippen LogP contribution >= 0.6 is 0 Å². The summed E-state index contributed by atoms with van der Waals surface area (Å²) in [6, 6.07) is 11.4. The summed E-state index contributed by atoms with van der Waals surface area (Å²) in [5, 5.41) is 11.2. The molecule has 33 heavy (non-hydrogen) atoms. The number of amides is 2. The lowest BCUT2D eigenvalue weighted by Gasteiger charge is -2.31. The third-order valence-corrected chi connectivity index (χ3v) is 6.14. The average molecular weight is 444 g/mol. The van der Waals surface area contributed by atoms with Crippen LogP contribution < -0.4 is 10.1 Å². The molecule has 0 saturated carbocycles. The molecular weight excluding hydrogens is 418 g/mol. The molecule has 8 heteroatoms. The molecule has 3 heterocycles. The Hall–Kier alpha value is -3.91. The van der Waals surface area contributed by atoms with Gasteiger partial charge in [0.1, 0.15) is 5.75 Å². The first-order valence-corrected chi connectivity index (χ1v) is 10.9. The van der Waals surface area contributed by atoms with Crippen molar-refractivity contribution in [3.63, 3.8) is 0 Å². The largest absolute Gasteiger partial charge is 0.497 e. The number of ether oxygens (including phenoxy) is 1. The topological polar surface area (TPSA) is 90.6 Å². The van der Waals surface area contributed by atoms with Crippen LogP contribution in [0, 0.1) is 0 Å². The molecule has 0 spiro atoms. The fraction of sp³-hybridized carbons (Fsp3) is 0.240. The van der Waals surface area contributed by atoms with Crippen LogP contribution in [0.15, 0.2) is 42.5 Å². The standard InChI is InChI=1S/C25H25N5O3/c1-29-9-11-30(12-10-29)24(31)8-7-22-18-5-3-16(14-23(18)28-27-22)13-20-19-15-17(33-2)4-6-21(19)26-25(20)32/h3-8,13-15H,9-12H2,1-2H3,(H,26,32)(H,27,28)/b8-7+,20-13-. The van der Waals surface area contributed by atoms with Gasteiger partial charge in [0.25, 0.3) is 5.91 Å². The Morgan fingerprint density at radius 2 is 1.94 bits per heavy atom. The first-order chi connectivity index (χ1) is 16.0. The second kappa shape index (κ2) is 8.55. The Balaban J connectivity index is 1.38. The van der Waals surface area contributed by atoms with Crippen LogP contribution in [0.2, 0.25) is 0 Å². The van der Waals surface area contributed by atoms with Crippen molar-refractivity contribution in [3.8, 4) is 5.75 Å². The number of carbonyl (C=O) groups is 2. The molecule has 1 saturated heterocycles. The molecule has 1 aromatic heterocycles. The van der Waals surface area contributed by atoms with Gasteiger partial charge in [-0.3, -0.25) is 14.7 Å². The summed E-state index contributed by atoms with van der Waals surface area (Å²) in [4.78, 5) is 29.1. The van der Waals surface area contributed by atoms with E-state index >= 15 is 0 Å². The summed E-state index contributed by atoms with van der Waals surface area (Å²) in [6.07, 6.45) is 5.20. The van der Waals surface area contributed by atoms with Gasteiger partial charge in [0.05, 0.1) is 18.3 Å². The van der Waals surface area contributed by atoms with Crippen molar-refractivity contribution in [2.24, 2.45) is 0 Å². The summed E-state index contributed by atoms with van der Waals surface area (Å²) < 4.78 is 5.30. The van der Waals surface area contributed by atoms with Gasteiger partial charge < -0.3 is 19.9 Å². The normalized spacial score (nSPS) is 17.7. The van der Waals surface area contributed by atoms with Crippen LogP contribution in [0.4, 0.5) is 5.69 Å². The van der Waals surface area contributed by atoms with Crippen LogP contribution in [0.5, 0.6) is 5.75 Å². The molecule has 5 rings (SSSR count). The molecule has 3 aromatic rings. The minimum absolute atomic E-state index is 0.00180. The Bertz CT molecular complexity index is 1300. The Morgan fingerprint density at radius 1 is 1.12 bits per heavy atom. The third-order valence-electron chi connectivity index (χ3n) is 6.14. The highest BCUT2D eigenvalue weighted by Crippen LogP contribution is 2.36. The predicted octanol–water partition coefficient (Wildman–Crippen LogP) is 2.85. The van der Waals surface area contributed by atoms with E-state index in [0.717, 1.165) is 53.9 Å². The number of fused-ring (bicyclic) bond motifs is 2. The number of aromatic amines is 1. The second-order valence-corrected chi connectivity index (χ2v) is 8.30. The lowest BCUT2D eigenvalue weighted by molar-refractivity contribution is -0.127. The number of nitrogens with zero attached hydrogens (tertiary/aromatic N) is 3. The van der Waals surface area contributed by atoms with E-state index < -0.39 is 0 Å². The lowest BCUT2D eigenvalue weighted by Crippen LogP contribution is -2.46. The molecule has 8 nitrogen and oxygen atoms in total. The number of hydrogen-bond acceptors (Lipinski definition) is 5. The molecule has 2 aliphatic heterocycles. The molecule has 1 fully saturated rings. The molecule has 2 N–H and O–H groups in total. The molecule has 0 atom stereocenters. The lowest BCUT2D eigenvalue weighted by atomic mass is 10.0. The zero-order valence-corrected chi connectivity index (χ0v) is 18.6. The number of rotatable bonds is 4. The zero-order chi connectivity index (χ0) is 22.9. The van der Waals surface area contributed by atoms with Gasteiger partial charge >= 0.3 is 0 Å². The Kier molecular flexibility index (Phi) is 5.43. The van der Waals surface area contributed by atoms with Gasteiger partial charge in [-0.05, 0) is 55.1 Å². The van der Waals surface area contributed by atoms with Crippen molar-refractivity contribution in [1.29, 1.82) is 0 Å². The number of piperazine rings is 1. The van der Waals surface area contributed by atoms with E-state index in [0.29, 0.717) is 17.0 Å². The monoisotopic (exact) mass is 443 g/mol. The smallest absolute Gasteiger partial charge is 0.256 e. The van der Waals surface area contributed by atoms with Gasteiger partial charge in [0.15, 0.2) is 0 Å². The number of nitrogens with one attached hydrogen (secondary N) is 2. The quantitative estimate of drug-likeness (QED) is 0.605. The maximum atomic E-state index is 12.5. The first kappa shape index (κ1) is 21.0. The van der Waals surface area contributed by atoms with Gasteiger partial charge in [-0.2, -0.15) is 5.10 Å². The molecule has 0 radical (unpaired) electrons. The first-order valence-electron chi connectivity index (χ1n) is 10.9. The molecule has 168 valence electrons. The highest BCUT2D eigenvalue weighted by atomic mass is 16.5. The van der Waals surface area contributed by atoms with Crippen molar-refractivity contribution in [2.45, 2.75) is 0 Å². The Labute approximate surface area is 191 Å². The van der Waals surface area contributed by atoms with Crippen LogP contribution in [-0.4, -0.2) is 72.1 Å². The van der Waals surface area contributed by atoms with Crippen molar-refractivity contribution in [2.75, 3.05) is 45.7 Å². The van der Waals surface area contributed by atoms with Crippen molar-refractivity contribution < 1.29 is 14.3 Å². The van der Waals surface area contributed by atoms with E-state index in [4.69, 9.17) is 4.74 Å². The van der Waals surface area contributed by atoms with Gasteiger partial charge in [0, 0.05) is 54.5 Å². The van der Waals surface area contributed by atoms with Crippen molar-refractivity contribution >= 4 is 46.1 Å². The molecular formula is C25H25N5O3. The van der Waals surface area contributed by atoms with E-state index in [-0.39, 0.29) is 11.8 Å². The predicted molar refractivity (Wildman–Crippen MR) is 129 cm³/mol. The molecule has 0 unspecified atom stereocenters. The summed E-state index contributed by atoms with van der Waals surface area (Å²) in [7, 11) is 3.67.